The Kier molecular flexibility index (Phi) is 4.14. The van der Waals surface area contributed by atoms with Crippen molar-refractivity contribution in [2.45, 2.75) is 59.5 Å². The van der Waals surface area contributed by atoms with Crippen molar-refractivity contribution in [3.05, 3.63) is 11.1 Å². The Morgan fingerprint density at radius 3 is 2.56 bits per heavy atom. The van der Waals surface area contributed by atoms with Crippen molar-refractivity contribution >= 4 is 5.71 Å². The summed E-state index contributed by atoms with van der Waals surface area (Å²) in [7, 11) is 0. The maximum Gasteiger partial charge on any atom is 0.0825 e. The van der Waals surface area contributed by atoms with Crippen LogP contribution < -0.4 is 0 Å². The second-order valence-corrected chi connectivity index (χ2v) is 5.27. The molecule has 0 amide bonds. The molecule has 92 valence electrons. The highest BCUT2D eigenvalue weighted by molar-refractivity contribution is 6.01. The number of aliphatic hydroxyl groups excluding tert-OH is 1. The van der Waals surface area contributed by atoms with Crippen LogP contribution in [0, 0.1) is 5.41 Å². The standard InChI is InChI=1S/C13H23NO2/c1-5-6-11(15)12-9(2)10(14-16)7-8-13(12,3)4/h11,15-16H,5-8H2,1-4H3/b14-10+. The number of hydrogen-bond acceptors (Lipinski definition) is 3. The lowest BCUT2D eigenvalue weighted by atomic mass is 9.69. The quantitative estimate of drug-likeness (QED) is 0.572. The van der Waals surface area contributed by atoms with Crippen LogP contribution in [0.25, 0.3) is 0 Å². The summed E-state index contributed by atoms with van der Waals surface area (Å²) in [6, 6.07) is 0. The molecule has 1 aliphatic rings. The van der Waals surface area contributed by atoms with Crippen LogP contribution in [0.5, 0.6) is 0 Å². The molecule has 0 bridgehead atoms. The predicted octanol–water partition coefficient (Wildman–Crippen LogP) is 3.11. The third-order valence-corrected chi connectivity index (χ3v) is 3.57. The molecule has 1 aliphatic carbocycles. The molecule has 0 saturated heterocycles. The van der Waals surface area contributed by atoms with Gasteiger partial charge in [0, 0.05) is 0 Å². The van der Waals surface area contributed by atoms with Crippen molar-refractivity contribution in [1.29, 1.82) is 0 Å². The smallest absolute Gasteiger partial charge is 0.0825 e. The fraction of sp³-hybridized carbons (Fsp3) is 0.769. The summed E-state index contributed by atoms with van der Waals surface area (Å²) in [5, 5.41) is 22.5. The van der Waals surface area contributed by atoms with E-state index in [1.807, 2.05) is 6.92 Å². The Morgan fingerprint density at radius 1 is 1.44 bits per heavy atom. The van der Waals surface area contributed by atoms with E-state index < -0.39 is 6.10 Å². The molecule has 1 atom stereocenters. The fourth-order valence-corrected chi connectivity index (χ4v) is 2.66. The maximum absolute atomic E-state index is 10.2. The third-order valence-electron chi connectivity index (χ3n) is 3.57. The van der Waals surface area contributed by atoms with Gasteiger partial charge >= 0.3 is 0 Å². The van der Waals surface area contributed by atoms with Gasteiger partial charge in [0.15, 0.2) is 0 Å². The number of nitrogens with zero attached hydrogens (tertiary/aromatic N) is 1. The SMILES string of the molecule is CCCC(O)C1=C(C)/C(=N/O)CCC1(C)C. The third kappa shape index (κ3) is 2.46. The average Bonchev–Trinajstić information content (AvgIpc) is 2.17. The van der Waals surface area contributed by atoms with Gasteiger partial charge in [-0.15, -0.1) is 0 Å². The summed E-state index contributed by atoms with van der Waals surface area (Å²) in [6.45, 7) is 8.32. The van der Waals surface area contributed by atoms with E-state index in [0.29, 0.717) is 0 Å². The van der Waals surface area contributed by atoms with Crippen LogP contribution in [0.3, 0.4) is 0 Å². The highest BCUT2D eigenvalue weighted by Gasteiger charge is 2.34. The molecule has 2 N–H and O–H groups in total. The molecular weight excluding hydrogens is 202 g/mol. The van der Waals surface area contributed by atoms with E-state index in [0.717, 1.165) is 42.5 Å². The normalized spacial score (nSPS) is 24.9. The van der Waals surface area contributed by atoms with Crippen molar-refractivity contribution in [2.24, 2.45) is 10.6 Å². The van der Waals surface area contributed by atoms with Crippen molar-refractivity contribution in [1.82, 2.24) is 0 Å². The van der Waals surface area contributed by atoms with Gasteiger partial charge in [-0.2, -0.15) is 0 Å². The lowest BCUT2D eigenvalue weighted by Gasteiger charge is -2.37. The van der Waals surface area contributed by atoms with E-state index in [2.05, 4.69) is 25.9 Å². The molecule has 0 saturated carbocycles. The monoisotopic (exact) mass is 225 g/mol. The van der Waals surface area contributed by atoms with E-state index in [-0.39, 0.29) is 5.41 Å². The van der Waals surface area contributed by atoms with Gasteiger partial charge in [-0.3, -0.25) is 0 Å². The Hall–Kier alpha value is -0.830. The maximum atomic E-state index is 10.2. The Balaban J connectivity index is 3.13. The molecule has 0 fully saturated rings. The fourth-order valence-electron chi connectivity index (χ4n) is 2.66. The lowest BCUT2D eigenvalue weighted by Crippen LogP contribution is -2.32. The Morgan fingerprint density at radius 2 is 2.06 bits per heavy atom. The number of aliphatic hydroxyl groups is 1. The zero-order chi connectivity index (χ0) is 12.3. The summed E-state index contributed by atoms with van der Waals surface area (Å²) in [6.07, 6.45) is 3.04. The molecule has 0 spiro atoms. The zero-order valence-corrected chi connectivity index (χ0v) is 10.7. The molecule has 16 heavy (non-hydrogen) atoms. The molecule has 3 nitrogen and oxygen atoms in total. The molecule has 3 heteroatoms. The molecule has 0 aromatic heterocycles. The van der Waals surface area contributed by atoms with Gasteiger partial charge in [-0.1, -0.05) is 32.3 Å². The highest BCUT2D eigenvalue weighted by atomic mass is 16.4. The summed E-state index contributed by atoms with van der Waals surface area (Å²) < 4.78 is 0. The number of allylic oxidation sites excluding steroid dienone is 1. The predicted molar refractivity (Wildman–Crippen MR) is 65.9 cm³/mol. The summed E-state index contributed by atoms with van der Waals surface area (Å²) >= 11 is 0. The van der Waals surface area contributed by atoms with Crippen LogP contribution in [0.4, 0.5) is 0 Å². The molecule has 0 radical (unpaired) electrons. The van der Waals surface area contributed by atoms with E-state index in [4.69, 9.17) is 5.21 Å². The van der Waals surface area contributed by atoms with E-state index in [1.165, 1.54) is 0 Å². The Labute approximate surface area is 97.9 Å². The van der Waals surface area contributed by atoms with Crippen LogP contribution in [-0.4, -0.2) is 22.1 Å². The minimum atomic E-state index is -0.406. The topological polar surface area (TPSA) is 52.8 Å². The van der Waals surface area contributed by atoms with Crippen LogP contribution in [0.1, 0.15) is 53.4 Å². The van der Waals surface area contributed by atoms with Crippen LogP contribution in [-0.2, 0) is 0 Å². The first-order valence-electron chi connectivity index (χ1n) is 6.04. The molecular formula is C13H23NO2. The summed E-state index contributed by atoms with van der Waals surface area (Å²) in [4.78, 5) is 0. The highest BCUT2D eigenvalue weighted by Crippen LogP contribution is 2.41. The van der Waals surface area contributed by atoms with Gasteiger partial charge in [0.1, 0.15) is 0 Å². The van der Waals surface area contributed by atoms with E-state index in [9.17, 15) is 5.11 Å². The minimum absolute atomic E-state index is 0.00681. The molecule has 0 aromatic rings. The van der Waals surface area contributed by atoms with Crippen LogP contribution >= 0.6 is 0 Å². The largest absolute Gasteiger partial charge is 0.411 e. The van der Waals surface area contributed by atoms with Crippen LogP contribution in [0.2, 0.25) is 0 Å². The molecule has 0 aromatic carbocycles. The first-order chi connectivity index (χ1) is 7.44. The summed E-state index contributed by atoms with van der Waals surface area (Å²) in [5.41, 5.74) is 2.75. The first kappa shape index (κ1) is 13.2. The van der Waals surface area contributed by atoms with Gasteiger partial charge in [0.25, 0.3) is 0 Å². The minimum Gasteiger partial charge on any atom is -0.411 e. The molecule has 0 aliphatic heterocycles. The van der Waals surface area contributed by atoms with Crippen molar-refractivity contribution < 1.29 is 10.3 Å². The van der Waals surface area contributed by atoms with Gasteiger partial charge < -0.3 is 10.3 Å². The van der Waals surface area contributed by atoms with Gasteiger partial charge in [0.05, 0.1) is 11.8 Å². The van der Waals surface area contributed by atoms with Crippen LogP contribution in [0.15, 0.2) is 16.3 Å². The second kappa shape index (κ2) is 5.00. The van der Waals surface area contributed by atoms with Gasteiger partial charge in [-0.05, 0) is 42.7 Å². The lowest BCUT2D eigenvalue weighted by molar-refractivity contribution is 0.164. The van der Waals surface area contributed by atoms with E-state index in [1.54, 1.807) is 0 Å². The van der Waals surface area contributed by atoms with Crippen molar-refractivity contribution in [3.8, 4) is 0 Å². The first-order valence-corrected chi connectivity index (χ1v) is 6.04. The molecule has 0 heterocycles. The Bertz CT molecular complexity index is 316. The van der Waals surface area contributed by atoms with Gasteiger partial charge in [0.2, 0.25) is 0 Å². The number of hydrogen-bond donors (Lipinski definition) is 2. The molecule has 1 rings (SSSR count). The second-order valence-electron chi connectivity index (χ2n) is 5.27. The number of oxime groups is 1. The zero-order valence-electron chi connectivity index (χ0n) is 10.7. The van der Waals surface area contributed by atoms with Crippen molar-refractivity contribution in [2.75, 3.05) is 0 Å². The van der Waals surface area contributed by atoms with Gasteiger partial charge in [-0.25, -0.2) is 0 Å². The van der Waals surface area contributed by atoms with Crippen molar-refractivity contribution in [3.63, 3.8) is 0 Å². The number of rotatable bonds is 3. The van der Waals surface area contributed by atoms with E-state index >= 15 is 0 Å². The molecule has 1 unspecified atom stereocenters. The summed E-state index contributed by atoms with van der Waals surface area (Å²) in [5.74, 6) is 0. The average molecular weight is 225 g/mol.